The largest absolute Gasteiger partial charge is 0.494 e. The fourth-order valence-corrected chi connectivity index (χ4v) is 2.62. The maximum absolute atomic E-state index is 13.6. The van der Waals surface area contributed by atoms with E-state index in [1.54, 1.807) is 12.1 Å². The van der Waals surface area contributed by atoms with Crippen molar-refractivity contribution in [3.8, 4) is 5.75 Å². The van der Waals surface area contributed by atoms with Crippen LogP contribution in [0.25, 0.3) is 0 Å². The van der Waals surface area contributed by atoms with Gasteiger partial charge in [0.2, 0.25) is 0 Å². The Morgan fingerprint density at radius 3 is 2.67 bits per heavy atom. The van der Waals surface area contributed by atoms with Gasteiger partial charge in [-0.15, -0.1) is 0 Å². The fraction of sp³-hybridized carbons (Fsp3) is 0.571. The molecular weight excluding hydrogens is 249 g/mol. The van der Waals surface area contributed by atoms with Crippen LogP contribution < -0.4 is 10.1 Å². The van der Waals surface area contributed by atoms with E-state index in [1.165, 1.54) is 7.11 Å². The van der Waals surface area contributed by atoms with Gasteiger partial charge in [-0.3, -0.25) is 0 Å². The van der Waals surface area contributed by atoms with Gasteiger partial charge >= 0.3 is 0 Å². The molecule has 0 spiro atoms. The van der Waals surface area contributed by atoms with E-state index >= 15 is 0 Å². The molecule has 0 fully saturated rings. The molecule has 2 atom stereocenters. The maximum atomic E-state index is 13.6. The van der Waals surface area contributed by atoms with Crippen molar-refractivity contribution in [3.05, 3.63) is 29.6 Å². The Labute approximate surface area is 113 Å². The van der Waals surface area contributed by atoms with E-state index < -0.39 is 0 Å². The molecule has 0 aromatic heterocycles. The summed E-state index contributed by atoms with van der Waals surface area (Å²) in [7, 11) is 1.48. The van der Waals surface area contributed by atoms with Gasteiger partial charge in [0.15, 0.2) is 11.6 Å². The molecule has 2 nitrogen and oxygen atoms in total. The molecular formula is C14H22FNOS. The molecule has 0 bridgehead atoms. The third kappa shape index (κ3) is 4.18. The number of benzene rings is 1. The van der Waals surface area contributed by atoms with Crippen molar-refractivity contribution in [2.45, 2.75) is 32.4 Å². The van der Waals surface area contributed by atoms with E-state index in [1.807, 2.05) is 17.8 Å². The quantitative estimate of drug-likeness (QED) is 0.818. The van der Waals surface area contributed by atoms with Crippen molar-refractivity contribution in [2.75, 3.05) is 19.1 Å². The smallest absolute Gasteiger partial charge is 0.165 e. The van der Waals surface area contributed by atoms with Gasteiger partial charge in [-0.1, -0.05) is 13.0 Å². The summed E-state index contributed by atoms with van der Waals surface area (Å²) in [6, 6.07) is 5.73. The Bertz CT molecular complexity index is 373. The van der Waals surface area contributed by atoms with Crippen molar-refractivity contribution in [2.24, 2.45) is 0 Å². The molecule has 0 amide bonds. The summed E-state index contributed by atoms with van der Waals surface area (Å²) >= 11 is 1.82. The zero-order valence-corrected chi connectivity index (χ0v) is 12.3. The fourth-order valence-electron chi connectivity index (χ4n) is 1.89. The van der Waals surface area contributed by atoms with Crippen LogP contribution in [0.1, 0.15) is 31.9 Å². The number of methoxy groups -OCH3 is 1. The van der Waals surface area contributed by atoms with Crippen molar-refractivity contribution in [3.63, 3.8) is 0 Å². The molecule has 1 aromatic rings. The number of hydrogen-bond acceptors (Lipinski definition) is 3. The van der Waals surface area contributed by atoms with Crippen LogP contribution in [0.2, 0.25) is 0 Å². The molecule has 0 saturated carbocycles. The van der Waals surface area contributed by atoms with E-state index in [9.17, 15) is 4.39 Å². The summed E-state index contributed by atoms with van der Waals surface area (Å²) in [5.74, 6) is 1.06. The van der Waals surface area contributed by atoms with Crippen molar-refractivity contribution < 1.29 is 9.13 Å². The summed E-state index contributed by atoms with van der Waals surface area (Å²) < 4.78 is 18.5. The number of rotatable bonds is 7. The third-order valence-electron chi connectivity index (χ3n) is 3.02. The van der Waals surface area contributed by atoms with E-state index in [4.69, 9.17) is 4.74 Å². The van der Waals surface area contributed by atoms with Crippen LogP contribution in [-0.4, -0.2) is 25.2 Å². The lowest BCUT2D eigenvalue weighted by Crippen LogP contribution is -2.33. The first-order valence-electron chi connectivity index (χ1n) is 6.20. The van der Waals surface area contributed by atoms with Crippen LogP contribution in [0, 0.1) is 5.82 Å². The van der Waals surface area contributed by atoms with Gasteiger partial charge in [-0.05, 0) is 37.3 Å². The first kappa shape index (κ1) is 15.3. The minimum absolute atomic E-state index is 0.141. The minimum Gasteiger partial charge on any atom is -0.494 e. The van der Waals surface area contributed by atoms with E-state index in [2.05, 4.69) is 25.4 Å². The van der Waals surface area contributed by atoms with Gasteiger partial charge in [-0.25, -0.2) is 4.39 Å². The normalized spacial score (nSPS) is 14.3. The standard InChI is InChI=1S/C14H22FNOS/c1-5-12(9-18-4)16-10(2)11-6-7-14(17-3)13(15)8-11/h6-8,10,12,16H,5,9H2,1-4H3. The van der Waals surface area contributed by atoms with Gasteiger partial charge in [-0.2, -0.15) is 11.8 Å². The molecule has 0 radical (unpaired) electrons. The second-order valence-electron chi connectivity index (χ2n) is 4.34. The average molecular weight is 271 g/mol. The zero-order chi connectivity index (χ0) is 13.5. The molecule has 0 aliphatic carbocycles. The van der Waals surface area contributed by atoms with Crippen LogP contribution in [0.5, 0.6) is 5.75 Å². The van der Waals surface area contributed by atoms with Gasteiger partial charge in [0.1, 0.15) is 0 Å². The van der Waals surface area contributed by atoms with E-state index in [0.717, 1.165) is 17.7 Å². The Morgan fingerprint density at radius 1 is 1.44 bits per heavy atom. The summed E-state index contributed by atoms with van der Waals surface area (Å²) in [5.41, 5.74) is 0.952. The average Bonchev–Trinajstić information content (AvgIpc) is 2.37. The summed E-state index contributed by atoms with van der Waals surface area (Å²) in [4.78, 5) is 0. The summed E-state index contributed by atoms with van der Waals surface area (Å²) in [5, 5.41) is 3.52. The number of nitrogens with one attached hydrogen (secondary N) is 1. The Balaban J connectivity index is 2.71. The van der Waals surface area contributed by atoms with E-state index in [-0.39, 0.29) is 11.9 Å². The molecule has 1 rings (SSSR count). The van der Waals surface area contributed by atoms with Crippen molar-refractivity contribution >= 4 is 11.8 Å². The number of ether oxygens (including phenoxy) is 1. The van der Waals surface area contributed by atoms with Gasteiger partial charge in [0.25, 0.3) is 0 Å². The predicted molar refractivity (Wildman–Crippen MR) is 77.0 cm³/mol. The zero-order valence-electron chi connectivity index (χ0n) is 11.5. The molecule has 2 unspecified atom stereocenters. The first-order valence-corrected chi connectivity index (χ1v) is 7.60. The van der Waals surface area contributed by atoms with Gasteiger partial charge < -0.3 is 10.1 Å². The molecule has 0 aliphatic rings. The Kier molecular flexibility index (Phi) is 6.50. The van der Waals surface area contributed by atoms with Crippen LogP contribution in [0.15, 0.2) is 18.2 Å². The monoisotopic (exact) mass is 271 g/mol. The number of thioether (sulfide) groups is 1. The van der Waals surface area contributed by atoms with Crippen LogP contribution in [0.4, 0.5) is 4.39 Å². The lowest BCUT2D eigenvalue weighted by atomic mass is 10.1. The maximum Gasteiger partial charge on any atom is 0.165 e. The lowest BCUT2D eigenvalue weighted by Gasteiger charge is -2.22. The van der Waals surface area contributed by atoms with Gasteiger partial charge in [0, 0.05) is 17.8 Å². The molecule has 102 valence electrons. The predicted octanol–water partition coefficient (Wildman–Crippen LogP) is 3.63. The molecule has 0 heterocycles. The van der Waals surface area contributed by atoms with E-state index in [0.29, 0.717) is 11.8 Å². The van der Waals surface area contributed by atoms with Crippen LogP contribution in [-0.2, 0) is 0 Å². The molecule has 1 aromatic carbocycles. The summed E-state index contributed by atoms with van der Waals surface area (Å²) in [6.45, 7) is 4.22. The molecule has 0 aliphatic heterocycles. The highest BCUT2D eigenvalue weighted by Crippen LogP contribution is 2.22. The molecule has 4 heteroatoms. The number of halogens is 1. The van der Waals surface area contributed by atoms with Crippen LogP contribution in [0.3, 0.4) is 0 Å². The molecule has 18 heavy (non-hydrogen) atoms. The highest BCUT2D eigenvalue weighted by Gasteiger charge is 2.13. The van der Waals surface area contributed by atoms with Crippen molar-refractivity contribution in [1.29, 1.82) is 0 Å². The lowest BCUT2D eigenvalue weighted by molar-refractivity contribution is 0.385. The highest BCUT2D eigenvalue weighted by molar-refractivity contribution is 7.98. The second kappa shape index (κ2) is 7.64. The summed E-state index contributed by atoms with van der Waals surface area (Å²) in [6.07, 6.45) is 3.17. The van der Waals surface area contributed by atoms with Crippen LogP contribution >= 0.6 is 11.8 Å². The minimum atomic E-state index is -0.304. The first-order chi connectivity index (χ1) is 8.62. The SMILES string of the molecule is CCC(CSC)NC(C)c1ccc(OC)c(F)c1. The van der Waals surface area contributed by atoms with Gasteiger partial charge in [0.05, 0.1) is 7.11 Å². The van der Waals surface area contributed by atoms with Crippen molar-refractivity contribution in [1.82, 2.24) is 5.32 Å². The Hall–Kier alpha value is -0.740. The molecule has 0 saturated heterocycles. The Morgan fingerprint density at radius 2 is 2.17 bits per heavy atom. The topological polar surface area (TPSA) is 21.3 Å². The number of hydrogen-bond donors (Lipinski definition) is 1. The molecule has 1 N–H and O–H groups in total. The second-order valence-corrected chi connectivity index (χ2v) is 5.25. The highest BCUT2D eigenvalue weighted by atomic mass is 32.2. The third-order valence-corrected chi connectivity index (χ3v) is 3.76.